The van der Waals surface area contributed by atoms with E-state index in [0.717, 1.165) is 0 Å². The van der Waals surface area contributed by atoms with E-state index in [0.29, 0.717) is 16.7 Å². The van der Waals surface area contributed by atoms with Crippen LogP contribution in [0, 0.1) is 22.7 Å². The molecule has 1 aromatic heterocycles. The summed E-state index contributed by atoms with van der Waals surface area (Å²) in [6.07, 6.45) is 3.39. The molecule has 0 radical (unpaired) electrons. The fourth-order valence-electron chi connectivity index (χ4n) is 1.63. The molecule has 0 spiro atoms. The molecule has 0 fully saturated rings. The maximum absolute atomic E-state index is 12.0. The Labute approximate surface area is 127 Å². The molecule has 98 valence electrons. The van der Waals surface area contributed by atoms with Crippen molar-refractivity contribution in [2.75, 3.05) is 0 Å². The summed E-state index contributed by atoms with van der Waals surface area (Å²) >= 11 is 0. The molecule has 0 N–H and O–H groups in total. The van der Waals surface area contributed by atoms with Crippen LogP contribution in [0.1, 0.15) is 21.5 Å². The van der Waals surface area contributed by atoms with Gasteiger partial charge in [-0.3, -0.25) is 4.79 Å². The zero-order chi connectivity index (χ0) is 13.7. The number of pyridine rings is 1. The summed E-state index contributed by atoms with van der Waals surface area (Å²) in [6, 6.07) is 13.9. The Morgan fingerprint density at radius 2 is 1.45 bits per heavy atom. The van der Waals surface area contributed by atoms with Crippen LogP contribution in [-0.2, 0) is 6.54 Å². The molecule has 2 rings (SSSR count). The number of hydrogen-bond donors (Lipinski definition) is 0. The number of aromatic nitrogens is 1. The van der Waals surface area contributed by atoms with E-state index in [1.807, 2.05) is 12.1 Å². The van der Waals surface area contributed by atoms with Crippen LogP contribution in [0.4, 0.5) is 0 Å². The summed E-state index contributed by atoms with van der Waals surface area (Å²) < 4.78 is 1.71. The molecule has 0 aliphatic heterocycles. The summed E-state index contributed by atoms with van der Waals surface area (Å²) in [5.41, 5.74) is 1.65. The summed E-state index contributed by atoms with van der Waals surface area (Å²) in [6.45, 7) is 0.206. The third-order valence-electron chi connectivity index (χ3n) is 2.68. The van der Waals surface area contributed by atoms with Crippen molar-refractivity contribution in [3.05, 3.63) is 65.5 Å². The lowest BCUT2D eigenvalue weighted by molar-refractivity contribution is -0.683. The van der Waals surface area contributed by atoms with Gasteiger partial charge in [0.25, 0.3) is 0 Å². The zero-order valence-electron chi connectivity index (χ0n) is 10.5. The molecule has 0 unspecified atom stereocenters. The topological polar surface area (TPSA) is 68.5 Å². The molecule has 1 aromatic carbocycles. The highest BCUT2D eigenvalue weighted by molar-refractivity contribution is 5.95. The molecule has 5 heteroatoms. The van der Waals surface area contributed by atoms with Gasteiger partial charge >= 0.3 is 0 Å². The minimum atomic E-state index is -0.0424. The van der Waals surface area contributed by atoms with Crippen molar-refractivity contribution in [2.24, 2.45) is 0 Å². The summed E-state index contributed by atoms with van der Waals surface area (Å²) in [7, 11) is 0. The molecular formula is C15H10BrN3O. The fraction of sp³-hybridized carbons (Fsp3) is 0.0667. The number of hydrogen-bond acceptors (Lipinski definition) is 3. The number of Topliss-reactive ketones (excluding diaryl/α,β-unsaturated/α-hetero) is 1. The van der Waals surface area contributed by atoms with Gasteiger partial charge in [-0.05, 0) is 24.3 Å². The van der Waals surface area contributed by atoms with E-state index in [2.05, 4.69) is 0 Å². The Balaban J connectivity index is 0.00000200. The lowest BCUT2D eigenvalue weighted by atomic mass is 10.1. The number of rotatable bonds is 3. The maximum Gasteiger partial charge on any atom is 0.227 e. The highest BCUT2D eigenvalue weighted by Crippen LogP contribution is 2.04. The molecule has 0 atom stereocenters. The zero-order valence-corrected chi connectivity index (χ0v) is 12.0. The van der Waals surface area contributed by atoms with E-state index in [1.165, 1.54) is 0 Å². The number of carbonyl (C=O) groups excluding carboxylic acids is 1. The number of halogens is 1. The van der Waals surface area contributed by atoms with Crippen molar-refractivity contribution >= 4 is 5.78 Å². The van der Waals surface area contributed by atoms with Crippen LogP contribution in [0.3, 0.4) is 0 Å². The Morgan fingerprint density at radius 1 is 0.950 bits per heavy atom. The van der Waals surface area contributed by atoms with Crippen molar-refractivity contribution in [1.29, 1.82) is 10.5 Å². The highest BCUT2D eigenvalue weighted by Gasteiger charge is 2.11. The average molecular weight is 328 g/mol. The number of nitrogens with zero attached hydrogens (tertiary/aromatic N) is 3. The summed E-state index contributed by atoms with van der Waals surface area (Å²) in [4.78, 5) is 12.0. The van der Waals surface area contributed by atoms with Gasteiger partial charge in [0.1, 0.15) is 0 Å². The van der Waals surface area contributed by atoms with E-state index in [-0.39, 0.29) is 29.3 Å². The molecular weight excluding hydrogens is 318 g/mol. The molecule has 1 heterocycles. The minimum absolute atomic E-state index is 0. The van der Waals surface area contributed by atoms with E-state index < -0.39 is 0 Å². The number of benzene rings is 1. The molecule has 0 saturated heterocycles. The molecule has 0 amide bonds. The van der Waals surface area contributed by atoms with Crippen LogP contribution in [0.2, 0.25) is 0 Å². The largest absolute Gasteiger partial charge is 1.00 e. The second-order valence-electron chi connectivity index (χ2n) is 3.98. The first-order valence-corrected chi connectivity index (χ1v) is 5.65. The number of nitriles is 2. The van der Waals surface area contributed by atoms with Crippen molar-refractivity contribution in [3.63, 3.8) is 0 Å². The fourth-order valence-corrected chi connectivity index (χ4v) is 1.63. The predicted molar refractivity (Wildman–Crippen MR) is 66.8 cm³/mol. The van der Waals surface area contributed by atoms with Gasteiger partial charge in [-0.15, -0.1) is 0 Å². The molecule has 0 aliphatic rings. The van der Waals surface area contributed by atoms with Gasteiger partial charge in [0, 0.05) is 17.7 Å². The van der Waals surface area contributed by atoms with Crippen LogP contribution in [-0.4, -0.2) is 5.78 Å². The van der Waals surface area contributed by atoms with Gasteiger partial charge in [0.2, 0.25) is 12.3 Å². The first-order valence-electron chi connectivity index (χ1n) is 5.65. The Kier molecular flexibility index (Phi) is 5.58. The van der Waals surface area contributed by atoms with Crippen molar-refractivity contribution in [3.8, 4) is 12.1 Å². The monoisotopic (exact) mass is 327 g/mol. The second kappa shape index (κ2) is 7.18. The van der Waals surface area contributed by atoms with Crippen LogP contribution in [0.15, 0.2) is 48.8 Å². The van der Waals surface area contributed by atoms with E-state index in [4.69, 9.17) is 10.5 Å². The molecule has 0 bridgehead atoms. The van der Waals surface area contributed by atoms with E-state index in [9.17, 15) is 4.79 Å². The third-order valence-corrected chi connectivity index (χ3v) is 2.68. The van der Waals surface area contributed by atoms with E-state index in [1.54, 1.807) is 53.4 Å². The number of ketones is 1. The molecule has 20 heavy (non-hydrogen) atoms. The molecule has 4 nitrogen and oxygen atoms in total. The summed E-state index contributed by atoms with van der Waals surface area (Å²) in [5.74, 6) is -0.0424. The lowest BCUT2D eigenvalue weighted by Gasteiger charge is -1.98. The van der Waals surface area contributed by atoms with Gasteiger partial charge < -0.3 is 17.0 Å². The maximum atomic E-state index is 12.0. The van der Waals surface area contributed by atoms with Crippen LogP contribution >= 0.6 is 0 Å². The van der Waals surface area contributed by atoms with Gasteiger partial charge in [0.05, 0.1) is 23.3 Å². The standard InChI is InChI=1S/C15H10N3O.BrH/c16-9-12-1-3-14(4-2-12)15(19)11-18-7-5-13(10-17)6-8-18;/h1-8H,11H2;1H/q+1;/p-1. The lowest BCUT2D eigenvalue weighted by Crippen LogP contribution is -3.00. The molecule has 0 saturated carbocycles. The van der Waals surface area contributed by atoms with Crippen LogP contribution in [0.5, 0.6) is 0 Å². The van der Waals surface area contributed by atoms with Gasteiger partial charge in [-0.2, -0.15) is 15.1 Å². The minimum Gasteiger partial charge on any atom is -1.00 e. The number of carbonyl (C=O) groups is 1. The van der Waals surface area contributed by atoms with Crippen molar-refractivity contribution < 1.29 is 26.3 Å². The normalized spacial score (nSPS) is 8.90. The highest BCUT2D eigenvalue weighted by atomic mass is 79.9. The van der Waals surface area contributed by atoms with Crippen LogP contribution in [0.25, 0.3) is 0 Å². The van der Waals surface area contributed by atoms with E-state index >= 15 is 0 Å². The second-order valence-corrected chi connectivity index (χ2v) is 3.98. The van der Waals surface area contributed by atoms with Crippen LogP contribution < -0.4 is 21.5 Å². The van der Waals surface area contributed by atoms with Crippen molar-refractivity contribution in [1.82, 2.24) is 0 Å². The van der Waals surface area contributed by atoms with Gasteiger partial charge in [-0.1, -0.05) is 0 Å². The molecule has 2 aromatic rings. The third kappa shape index (κ3) is 3.74. The Morgan fingerprint density at radius 3 is 1.95 bits per heavy atom. The Hall–Kier alpha value is -2.50. The first-order chi connectivity index (χ1) is 9.22. The van der Waals surface area contributed by atoms with Crippen molar-refractivity contribution in [2.45, 2.75) is 6.54 Å². The first kappa shape index (κ1) is 15.6. The smallest absolute Gasteiger partial charge is 0.227 e. The predicted octanol–water partition coefficient (Wildman–Crippen LogP) is -1.40. The van der Waals surface area contributed by atoms with Gasteiger partial charge in [-0.25, -0.2) is 0 Å². The quantitative estimate of drug-likeness (QED) is 0.514. The Bertz CT molecular complexity index is 679. The van der Waals surface area contributed by atoms with Gasteiger partial charge in [0.15, 0.2) is 12.4 Å². The average Bonchev–Trinajstić information content (AvgIpc) is 2.48. The SMILES string of the molecule is N#Cc1ccc(C(=O)C[n+]2ccc(C#N)cc2)cc1.[Br-]. The summed E-state index contributed by atoms with van der Waals surface area (Å²) in [5, 5.41) is 17.4. The molecule has 0 aliphatic carbocycles.